The molecule has 1 saturated heterocycles. The first-order valence-electron chi connectivity index (χ1n) is 7.58. The predicted octanol–water partition coefficient (Wildman–Crippen LogP) is 3.59. The number of hydrogen-bond acceptors (Lipinski definition) is 3. The van der Waals surface area contributed by atoms with E-state index in [0.717, 1.165) is 29.9 Å². The van der Waals surface area contributed by atoms with E-state index in [-0.39, 0.29) is 0 Å². The lowest BCUT2D eigenvalue weighted by molar-refractivity contribution is 0.148. The Bertz CT molecular complexity index is 673. The van der Waals surface area contributed by atoms with Gasteiger partial charge in [-0.15, -0.1) is 0 Å². The molecule has 1 N–H and O–H groups in total. The molecule has 2 aromatic rings. The van der Waals surface area contributed by atoms with Crippen LogP contribution in [0, 0.1) is 0 Å². The summed E-state index contributed by atoms with van der Waals surface area (Å²) < 4.78 is 0. The highest BCUT2D eigenvalue weighted by molar-refractivity contribution is 6.30. The molecule has 1 aliphatic heterocycles. The topological polar surface area (TPSA) is 56.7 Å². The van der Waals surface area contributed by atoms with Gasteiger partial charge in [-0.1, -0.05) is 23.7 Å². The van der Waals surface area contributed by atoms with Crippen molar-refractivity contribution >= 4 is 23.5 Å². The Labute approximate surface area is 140 Å². The van der Waals surface area contributed by atoms with Crippen LogP contribution < -0.4 is 4.90 Å². The number of halogens is 1. The molecule has 1 aromatic carbocycles. The summed E-state index contributed by atoms with van der Waals surface area (Å²) in [5.41, 5.74) is 2.11. The molecule has 0 atom stereocenters. The second kappa shape index (κ2) is 6.87. The summed E-state index contributed by atoms with van der Waals surface area (Å²) in [6, 6.07) is 11.7. The third kappa shape index (κ3) is 3.74. The Hall–Kier alpha value is -2.27. The minimum atomic E-state index is -0.849. The van der Waals surface area contributed by atoms with Gasteiger partial charge in [-0.25, -0.2) is 9.78 Å². The normalized spacial score (nSPS) is 15.3. The maximum Gasteiger partial charge on any atom is 0.407 e. The van der Waals surface area contributed by atoms with Gasteiger partial charge < -0.3 is 14.9 Å². The average molecular weight is 332 g/mol. The number of hydrogen-bond donors (Lipinski definition) is 1. The van der Waals surface area contributed by atoms with Gasteiger partial charge in [0.05, 0.1) is 0 Å². The molecule has 6 heteroatoms. The van der Waals surface area contributed by atoms with E-state index >= 15 is 0 Å². The highest BCUT2D eigenvalue weighted by Crippen LogP contribution is 2.23. The molecule has 1 aromatic heterocycles. The van der Waals surface area contributed by atoms with Crippen LogP contribution in [0.4, 0.5) is 10.6 Å². The first kappa shape index (κ1) is 15.6. The molecule has 2 heterocycles. The zero-order chi connectivity index (χ0) is 16.2. The number of nitrogens with zero attached hydrogens (tertiary/aromatic N) is 3. The number of aromatic nitrogens is 1. The monoisotopic (exact) mass is 331 g/mol. The van der Waals surface area contributed by atoms with Crippen LogP contribution in [0.3, 0.4) is 0 Å². The van der Waals surface area contributed by atoms with Crippen molar-refractivity contribution < 1.29 is 9.90 Å². The van der Waals surface area contributed by atoms with Crippen LogP contribution >= 0.6 is 11.6 Å². The van der Waals surface area contributed by atoms with E-state index < -0.39 is 6.09 Å². The number of anilines is 1. The predicted molar refractivity (Wildman–Crippen MR) is 91.1 cm³/mol. The van der Waals surface area contributed by atoms with E-state index in [2.05, 4.69) is 9.88 Å². The fourth-order valence-corrected chi connectivity index (χ4v) is 2.85. The van der Waals surface area contributed by atoms with Gasteiger partial charge in [-0.2, -0.15) is 0 Å². The molecule has 120 valence electrons. The van der Waals surface area contributed by atoms with Crippen LogP contribution in [0.25, 0.3) is 11.1 Å². The number of benzene rings is 1. The Kier molecular flexibility index (Phi) is 4.67. The molecule has 0 bridgehead atoms. The van der Waals surface area contributed by atoms with Crippen molar-refractivity contribution in [1.82, 2.24) is 9.88 Å². The van der Waals surface area contributed by atoms with Crippen molar-refractivity contribution in [3.05, 3.63) is 47.6 Å². The number of rotatable bonds is 2. The minimum absolute atomic E-state index is 0.510. The van der Waals surface area contributed by atoms with Crippen LogP contribution in [0.1, 0.15) is 6.42 Å². The van der Waals surface area contributed by atoms with E-state index in [1.54, 1.807) is 0 Å². The van der Waals surface area contributed by atoms with E-state index in [4.69, 9.17) is 16.7 Å². The third-order valence-corrected chi connectivity index (χ3v) is 4.27. The molecule has 0 radical (unpaired) electrons. The molecule has 0 saturated carbocycles. The van der Waals surface area contributed by atoms with Crippen molar-refractivity contribution in [2.45, 2.75) is 6.42 Å². The maximum atomic E-state index is 11.1. The molecule has 1 fully saturated rings. The molecule has 3 rings (SSSR count). The quantitative estimate of drug-likeness (QED) is 0.913. The van der Waals surface area contributed by atoms with E-state index in [0.29, 0.717) is 24.7 Å². The Morgan fingerprint density at radius 3 is 2.39 bits per heavy atom. The van der Waals surface area contributed by atoms with Crippen molar-refractivity contribution in [3.63, 3.8) is 0 Å². The van der Waals surface area contributed by atoms with Gasteiger partial charge in [0.25, 0.3) is 0 Å². The molecule has 0 spiro atoms. The van der Waals surface area contributed by atoms with Gasteiger partial charge in [0, 0.05) is 43.0 Å². The van der Waals surface area contributed by atoms with E-state index in [9.17, 15) is 4.79 Å². The van der Waals surface area contributed by atoms with Crippen molar-refractivity contribution in [2.75, 3.05) is 31.1 Å². The Morgan fingerprint density at radius 1 is 1.00 bits per heavy atom. The number of carboxylic acid groups (broad SMARTS) is 1. The summed E-state index contributed by atoms with van der Waals surface area (Å²) in [4.78, 5) is 19.2. The van der Waals surface area contributed by atoms with Crippen molar-refractivity contribution in [2.24, 2.45) is 0 Å². The zero-order valence-corrected chi connectivity index (χ0v) is 13.4. The minimum Gasteiger partial charge on any atom is -0.465 e. The summed E-state index contributed by atoms with van der Waals surface area (Å²) in [6.07, 6.45) is 1.81. The highest BCUT2D eigenvalue weighted by atomic mass is 35.5. The van der Waals surface area contributed by atoms with Crippen LogP contribution in [-0.2, 0) is 0 Å². The first-order chi connectivity index (χ1) is 11.1. The van der Waals surface area contributed by atoms with Gasteiger partial charge >= 0.3 is 6.09 Å². The maximum absolute atomic E-state index is 11.1. The molecule has 0 unspecified atom stereocenters. The fourth-order valence-electron chi connectivity index (χ4n) is 2.72. The third-order valence-electron chi connectivity index (χ3n) is 4.02. The van der Waals surface area contributed by atoms with Crippen LogP contribution in [0.15, 0.2) is 42.6 Å². The molecule has 0 aliphatic carbocycles. The SMILES string of the molecule is O=C(O)N1CCCN(c2ccc(-c3ccc(Cl)cc3)cn2)CC1. The largest absolute Gasteiger partial charge is 0.465 e. The number of amides is 1. The summed E-state index contributed by atoms with van der Waals surface area (Å²) in [5, 5.41) is 9.80. The van der Waals surface area contributed by atoms with Crippen LogP contribution in [-0.4, -0.2) is 47.3 Å². The Morgan fingerprint density at radius 2 is 1.74 bits per heavy atom. The lowest BCUT2D eigenvalue weighted by Gasteiger charge is -2.21. The number of pyridine rings is 1. The molecular formula is C17H18ClN3O2. The molecule has 23 heavy (non-hydrogen) atoms. The first-order valence-corrected chi connectivity index (χ1v) is 7.96. The van der Waals surface area contributed by atoms with Gasteiger partial charge in [-0.3, -0.25) is 0 Å². The average Bonchev–Trinajstić information content (AvgIpc) is 2.82. The highest BCUT2D eigenvalue weighted by Gasteiger charge is 2.18. The van der Waals surface area contributed by atoms with Crippen molar-refractivity contribution in [1.29, 1.82) is 0 Å². The standard InChI is InChI=1S/C17H18ClN3O2/c18-15-5-2-13(3-6-15)14-4-7-16(19-12-14)20-8-1-9-21(11-10-20)17(22)23/h2-7,12H,1,8-11H2,(H,22,23). The van der Waals surface area contributed by atoms with Gasteiger partial charge in [0.1, 0.15) is 5.82 Å². The second-order valence-corrected chi connectivity index (χ2v) is 5.96. The lowest BCUT2D eigenvalue weighted by Crippen LogP contribution is -2.34. The van der Waals surface area contributed by atoms with E-state index in [1.807, 2.05) is 42.6 Å². The van der Waals surface area contributed by atoms with Gasteiger partial charge in [0.15, 0.2) is 0 Å². The molecule has 1 aliphatic rings. The summed E-state index contributed by atoms with van der Waals surface area (Å²) in [7, 11) is 0. The fraction of sp³-hybridized carbons (Fsp3) is 0.294. The number of carbonyl (C=O) groups is 1. The molecule has 5 nitrogen and oxygen atoms in total. The lowest BCUT2D eigenvalue weighted by atomic mass is 10.1. The zero-order valence-electron chi connectivity index (χ0n) is 12.7. The van der Waals surface area contributed by atoms with Gasteiger partial charge in [-0.05, 0) is 36.2 Å². The van der Waals surface area contributed by atoms with Crippen LogP contribution in [0.2, 0.25) is 5.02 Å². The van der Waals surface area contributed by atoms with Crippen molar-refractivity contribution in [3.8, 4) is 11.1 Å². The van der Waals surface area contributed by atoms with Gasteiger partial charge in [0.2, 0.25) is 0 Å². The smallest absolute Gasteiger partial charge is 0.407 e. The summed E-state index contributed by atoms with van der Waals surface area (Å²) >= 11 is 5.91. The summed E-state index contributed by atoms with van der Waals surface area (Å²) in [6.45, 7) is 2.57. The van der Waals surface area contributed by atoms with E-state index in [1.165, 1.54) is 4.90 Å². The molecule has 1 amide bonds. The Balaban J connectivity index is 1.72. The second-order valence-electron chi connectivity index (χ2n) is 5.52. The summed E-state index contributed by atoms with van der Waals surface area (Å²) in [5.74, 6) is 0.884. The molecular weight excluding hydrogens is 314 g/mol. The van der Waals surface area contributed by atoms with Crippen LogP contribution in [0.5, 0.6) is 0 Å².